The Bertz CT molecular complexity index is 1450. The van der Waals surface area contributed by atoms with E-state index in [0.29, 0.717) is 34.9 Å². The molecule has 0 bridgehead atoms. The number of rotatable bonds is 5. The fourth-order valence-electron chi connectivity index (χ4n) is 3.09. The molecule has 2 N–H and O–H groups in total. The third-order valence-corrected chi connectivity index (χ3v) is 4.58. The van der Waals surface area contributed by atoms with Gasteiger partial charge in [-0.2, -0.15) is 10.2 Å². The highest BCUT2D eigenvalue weighted by atomic mass is 16.4. The molecular weight excluding hydrogens is 398 g/mol. The van der Waals surface area contributed by atoms with Crippen molar-refractivity contribution in [1.29, 1.82) is 0 Å². The van der Waals surface area contributed by atoms with Gasteiger partial charge in [0.05, 0.1) is 11.1 Å². The van der Waals surface area contributed by atoms with Crippen LogP contribution in [0.5, 0.6) is 5.75 Å². The predicted molar refractivity (Wildman–Crippen MR) is 112 cm³/mol. The number of para-hydroxylation sites is 1. The van der Waals surface area contributed by atoms with Gasteiger partial charge in [-0.3, -0.25) is 10.1 Å². The summed E-state index contributed by atoms with van der Waals surface area (Å²) < 4.78 is 6.89. The second-order valence-electron chi connectivity index (χ2n) is 6.66. The van der Waals surface area contributed by atoms with Gasteiger partial charge in [0, 0.05) is 11.8 Å². The van der Waals surface area contributed by atoms with Crippen molar-refractivity contribution in [2.24, 2.45) is 4.99 Å². The van der Waals surface area contributed by atoms with Gasteiger partial charge in [0.25, 0.3) is 0 Å². The largest absolute Gasteiger partial charge is 0.506 e. The van der Waals surface area contributed by atoms with Crippen molar-refractivity contribution in [1.82, 2.24) is 29.9 Å². The molecule has 0 saturated heterocycles. The summed E-state index contributed by atoms with van der Waals surface area (Å²) in [6.07, 6.45) is 4.34. The number of aromatic nitrogens is 6. The summed E-state index contributed by atoms with van der Waals surface area (Å²) in [5, 5.41) is 22.1. The van der Waals surface area contributed by atoms with E-state index in [1.807, 2.05) is 6.07 Å². The highest BCUT2D eigenvalue weighted by Crippen LogP contribution is 2.26. The second kappa shape index (κ2) is 7.67. The van der Waals surface area contributed by atoms with Gasteiger partial charge in [-0.25, -0.2) is 19.4 Å². The highest BCUT2D eigenvalue weighted by molar-refractivity contribution is 5.94. The molecule has 31 heavy (non-hydrogen) atoms. The molecule has 5 aromatic rings. The van der Waals surface area contributed by atoms with Crippen LogP contribution >= 0.6 is 0 Å². The first-order valence-corrected chi connectivity index (χ1v) is 9.30. The summed E-state index contributed by atoms with van der Waals surface area (Å²) in [7, 11) is 0. The standard InChI is InChI=1S/C21H15N7O3/c29-19-15-6-1-2-7-17(15)31-21(30)16(19)9-23-14-5-3-4-13(8-14)20-25-18(26-27-20)10-28-12-22-11-24-28/h1-9,11-12,29H,10H2,(H,25,26,27). The number of fused-ring (bicyclic) bond motifs is 1. The molecule has 0 saturated carbocycles. The van der Waals surface area contributed by atoms with Crippen LogP contribution in [0, 0.1) is 0 Å². The molecular formula is C21H15N7O3. The Balaban J connectivity index is 1.43. The Morgan fingerprint density at radius 1 is 1.19 bits per heavy atom. The van der Waals surface area contributed by atoms with E-state index in [9.17, 15) is 9.90 Å². The van der Waals surface area contributed by atoms with E-state index < -0.39 is 5.63 Å². The number of H-pyrrole nitrogens is 1. The molecule has 0 aliphatic rings. The van der Waals surface area contributed by atoms with E-state index in [1.165, 1.54) is 12.5 Å². The first-order valence-electron chi connectivity index (χ1n) is 9.30. The van der Waals surface area contributed by atoms with Crippen molar-refractivity contribution >= 4 is 22.9 Å². The van der Waals surface area contributed by atoms with E-state index in [4.69, 9.17) is 4.42 Å². The average Bonchev–Trinajstić information content (AvgIpc) is 3.46. The lowest BCUT2D eigenvalue weighted by atomic mass is 10.1. The van der Waals surface area contributed by atoms with Crippen LogP contribution < -0.4 is 5.63 Å². The first kappa shape index (κ1) is 18.4. The molecule has 3 aromatic heterocycles. The molecule has 0 atom stereocenters. The lowest BCUT2D eigenvalue weighted by molar-refractivity contribution is 0.466. The summed E-state index contributed by atoms with van der Waals surface area (Å²) in [5.74, 6) is 0.965. The van der Waals surface area contributed by atoms with Crippen molar-refractivity contribution in [2.45, 2.75) is 6.54 Å². The molecule has 0 fully saturated rings. The predicted octanol–water partition coefficient (Wildman–Crippen LogP) is 2.67. The molecule has 0 amide bonds. The monoisotopic (exact) mass is 413 g/mol. The summed E-state index contributed by atoms with van der Waals surface area (Å²) >= 11 is 0. The number of aromatic amines is 1. The minimum absolute atomic E-state index is 0.0166. The van der Waals surface area contributed by atoms with Crippen molar-refractivity contribution in [3.05, 3.63) is 83.0 Å². The zero-order valence-corrected chi connectivity index (χ0v) is 16.0. The van der Waals surface area contributed by atoms with Crippen LogP contribution in [-0.4, -0.2) is 41.3 Å². The fraction of sp³-hybridized carbons (Fsp3) is 0.0476. The number of nitrogens with zero attached hydrogens (tertiary/aromatic N) is 6. The van der Waals surface area contributed by atoms with Gasteiger partial charge < -0.3 is 9.52 Å². The first-order chi connectivity index (χ1) is 15.2. The molecule has 10 heteroatoms. The molecule has 5 rings (SSSR count). The van der Waals surface area contributed by atoms with Crippen LogP contribution in [0.25, 0.3) is 22.4 Å². The van der Waals surface area contributed by atoms with Crippen molar-refractivity contribution in [2.75, 3.05) is 0 Å². The van der Waals surface area contributed by atoms with E-state index in [-0.39, 0.29) is 11.3 Å². The molecule has 0 unspecified atom stereocenters. The molecule has 3 heterocycles. The maximum Gasteiger partial charge on any atom is 0.348 e. The average molecular weight is 413 g/mol. The second-order valence-corrected chi connectivity index (χ2v) is 6.66. The zero-order valence-electron chi connectivity index (χ0n) is 16.0. The van der Waals surface area contributed by atoms with Gasteiger partial charge in [-0.1, -0.05) is 24.3 Å². The smallest absolute Gasteiger partial charge is 0.348 e. The molecule has 10 nitrogen and oxygen atoms in total. The van der Waals surface area contributed by atoms with Gasteiger partial charge in [0.2, 0.25) is 0 Å². The molecule has 0 aliphatic carbocycles. The Labute approximate surface area is 174 Å². The summed E-state index contributed by atoms with van der Waals surface area (Å²) in [6.45, 7) is 0.419. The number of hydrogen-bond donors (Lipinski definition) is 2. The topological polar surface area (TPSA) is 135 Å². The third kappa shape index (κ3) is 3.69. The number of aromatic hydroxyl groups is 1. The van der Waals surface area contributed by atoms with Crippen LogP contribution in [0.2, 0.25) is 0 Å². The van der Waals surface area contributed by atoms with E-state index in [2.05, 4.69) is 30.3 Å². The van der Waals surface area contributed by atoms with Gasteiger partial charge in [0.15, 0.2) is 5.82 Å². The van der Waals surface area contributed by atoms with Crippen LogP contribution in [0.1, 0.15) is 11.4 Å². The van der Waals surface area contributed by atoms with E-state index in [0.717, 1.165) is 5.56 Å². The van der Waals surface area contributed by atoms with Crippen molar-refractivity contribution in [3.8, 4) is 17.1 Å². The van der Waals surface area contributed by atoms with Crippen molar-refractivity contribution in [3.63, 3.8) is 0 Å². The maximum absolute atomic E-state index is 12.2. The lowest BCUT2D eigenvalue weighted by Crippen LogP contribution is -2.06. The van der Waals surface area contributed by atoms with Gasteiger partial charge >= 0.3 is 5.63 Å². The Kier molecular flexibility index (Phi) is 4.56. The van der Waals surface area contributed by atoms with Gasteiger partial charge in [0.1, 0.15) is 41.9 Å². The Morgan fingerprint density at radius 3 is 2.97 bits per heavy atom. The van der Waals surface area contributed by atoms with Crippen LogP contribution in [0.4, 0.5) is 5.69 Å². The lowest BCUT2D eigenvalue weighted by Gasteiger charge is -2.02. The van der Waals surface area contributed by atoms with Gasteiger partial charge in [-0.15, -0.1) is 0 Å². The quantitative estimate of drug-likeness (QED) is 0.334. The zero-order chi connectivity index (χ0) is 21.2. The summed E-state index contributed by atoms with van der Waals surface area (Å²) in [5.41, 5.74) is 0.938. The number of nitrogens with one attached hydrogen (secondary N) is 1. The minimum atomic E-state index is -0.664. The molecule has 2 aromatic carbocycles. The number of hydrogen-bond acceptors (Lipinski definition) is 8. The molecule has 0 aliphatic heterocycles. The normalized spacial score (nSPS) is 11.5. The SMILES string of the molecule is O=c1oc2ccccc2c(O)c1C=Nc1cccc(-c2n[nH]c(Cn3cncn3)n2)c1. The molecule has 0 spiro atoms. The van der Waals surface area contributed by atoms with Crippen LogP contribution in [0.3, 0.4) is 0 Å². The van der Waals surface area contributed by atoms with Crippen LogP contribution in [-0.2, 0) is 6.54 Å². The van der Waals surface area contributed by atoms with Crippen molar-refractivity contribution < 1.29 is 9.52 Å². The van der Waals surface area contributed by atoms with E-state index >= 15 is 0 Å². The number of benzene rings is 2. The summed E-state index contributed by atoms with van der Waals surface area (Å²) in [4.78, 5) is 24.9. The highest BCUT2D eigenvalue weighted by Gasteiger charge is 2.12. The minimum Gasteiger partial charge on any atom is -0.506 e. The Hall–Kier alpha value is -4.60. The summed E-state index contributed by atoms with van der Waals surface area (Å²) in [6, 6.07) is 14.0. The molecule has 0 radical (unpaired) electrons. The maximum atomic E-state index is 12.2. The number of aliphatic imine (C=N–C) groups is 1. The van der Waals surface area contributed by atoms with E-state index in [1.54, 1.807) is 53.5 Å². The molecule has 152 valence electrons. The third-order valence-electron chi connectivity index (χ3n) is 4.58. The van der Waals surface area contributed by atoms with Crippen LogP contribution in [0.15, 0.2) is 75.4 Å². The Morgan fingerprint density at radius 2 is 2.10 bits per heavy atom. The fourth-order valence-corrected chi connectivity index (χ4v) is 3.09. The van der Waals surface area contributed by atoms with Gasteiger partial charge in [-0.05, 0) is 24.3 Å².